The first-order valence-corrected chi connectivity index (χ1v) is 8.32. The van der Waals surface area contributed by atoms with Crippen molar-refractivity contribution in [1.29, 1.82) is 0 Å². The second-order valence-corrected chi connectivity index (χ2v) is 6.64. The molecule has 1 aromatic rings. The van der Waals surface area contributed by atoms with Crippen LogP contribution in [0.1, 0.15) is 26.2 Å². The molecule has 0 amide bonds. The van der Waals surface area contributed by atoms with Crippen molar-refractivity contribution in [3.05, 3.63) is 12.5 Å². The predicted molar refractivity (Wildman–Crippen MR) is 73.3 cm³/mol. The smallest absolute Gasteiger partial charge is 0.259 e. The molecule has 2 rings (SSSR count). The van der Waals surface area contributed by atoms with Crippen LogP contribution in [-0.4, -0.2) is 37.6 Å². The zero-order chi connectivity index (χ0) is 13.7. The zero-order valence-electron chi connectivity index (χ0n) is 11.3. The summed E-state index contributed by atoms with van der Waals surface area (Å²) >= 11 is 0. The molecule has 108 valence electrons. The van der Waals surface area contributed by atoms with Gasteiger partial charge in [-0.1, -0.05) is 0 Å². The second-order valence-electron chi connectivity index (χ2n) is 4.92. The molecule has 1 aromatic heterocycles. The van der Waals surface area contributed by atoms with Crippen LogP contribution in [0, 0.1) is 5.92 Å². The van der Waals surface area contributed by atoms with E-state index in [1.165, 1.54) is 0 Å². The van der Waals surface area contributed by atoms with Crippen LogP contribution in [0.15, 0.2) is 17.6 Å². The minimum Gasteiger partial charge on any atom is -0.336 e. The molecule has 1 fully saturated rings. The van der Waals surface area contributed by atoms with E-state index in [-0.39, 0.29) is 5.03 Å². The third kappa shape index (κ3) is 4.02. The minimum absolute atomic E-state index is 0.111. The number of hydrogen-bond acceptors (Lipinski definition) is 4. The van der Waals surface area contributed by atoms with Gasteiger partial charge in [-0.2, -0.15) is 0 Å². The van der Waals surface area contributed by atoms with Gasteiger partial charge >= 0.3 is 0 Å². The molecule has 19 heavy (non-hydrogen) atoms. The first-order valence-electron chi connectivity index (χ1n) is 6.84. The molecule has 0 aromatic carbocycles. The molecule has 0 unspecified atom stereocenters. The minimum atomic E-state index is -3.45. The number of nitrogens with zero attached hydrogens (tertiary/aromatic N) is 2. The van der Waals surface area contributed by atoms with E-state index in [4.69, 9.17) is 0 Å². The number of piperidine rings is 1. The molecule has 0 aliphatic carbocycles. The molecule has 0 radical (unpaired) electrons. The van der Waals surface area contributed by atoms with Crippen LogP contribution >= 0.6 is 0 Å². The number of rotatable bonds is 6. The van der Waals surface area contributed by atoms with Crippen molar-refractivity contribution in [2.75, 3.05) is 19.6 Å². The normalized spacial score (nSPS) is 17.7. The number of nitrogens with one attached hydrogen (secondary N) is 2. The third-order valence-corrected chi connectivity index (χ3v) is 4.90. The second kappa shape index (κ2) is 6.49. The van der Waals surface area contributed by atoms with E-state index in [0.717, 1.165) is 38.9 Å². The van der Waals surface area contributed by atoms with Crippen LogP contribution < -0.4 is 10.0 Å². The van der Waals surface area contributed by atoms with Gasteiger partial charge in [-0.25, -0.2) is 18.1 Å². The molecule has 0 saturated carbocycles. The van der Waals surface area contributed by atoms with Gasteiger partial charge in [-0.15, -0.1) is 0 Å². The number of hydrogen-bond donors (Lipinski definition) is 2. The number of aromatic nitrogens is 2. The number of aryl methyl sites for hydroxylation is 1. The molecule has 6 nitrogen and oxygen atoms in total. The van der Waals surface area contributed by atoms with Crippen LogP contribution in [-0.2, 0) is 16.6 Å². The first kappa shape index (κ1) is 14.5. The third-order valence-electron chi connectivity index (χ3n) is 3.55. The maximum Gasteiger partial charge on any atom is 0.259 e. The van der Waals surface area contributed by atoms with Crippen molar-refractivity contribution in [1.82, 2.24) is 19.6 Å². The van der Waals surface area contributed by atoms with Gasteiger partial charge in [0.15, 0.2) is 5.03 Å². The Balaban J connectivity index is 1.83. The molecule has 1 aliphatic rings. The van der Waals surface area contributed by atoms with Crippen molar-refractivity contribution >= 4 is 10.0 Å². The maximum atomic E-state index is 12.0. The lowest BCUT2D eigenvalue weighted by Crippen LogP contribution is -2.31. The van der Waals surface area contributed by atoms with Gasteiger partial charge in [0.2, 0.25) is 0 Å². The SMILES string of the molecule is CCn1cnc(S(=O)(=O)NCCC2CCNCC2)c1. The van der Waals surface area contributed by atoms with Crippen LogP contribution in [0.2, 0.25) is 0 Å². The van der Waals surface area contributed by atoms with Crippen molar-refractivity contribution in [3.63, 3.8) is 0 Å². The lowest BCUT2D eigenvalue weighted by Gasteiger charge is -2.22. The van der Waals surface area contributed by atoms with E-state index < -0.39 is 10.0 Å². The van der Waals surface area contributed by atoms with Crippen molar-refractivity contribution in [3.8, 4) is 0 Å². The topological polar surface area (TPSA) is 76.0 Å². The molecule has 1 saturated heterocycles. The highest BCUT2D eigenvalue weighted by Gasteiger charge is 2.18. The predicted octanol–water partition coefficient (Wildman–Crippen LogP) is 0.571. The summed E-state index contributed by atoms with van der Waals surface area (Å²) in [5, 5.41) is 3.42. The van der Waals surface area contributed by atoms with Crippen LogP contribution in [0.3, 0.4) is 0 Å². The molecule has 7 heteroatoms. The van der Waals surface area contributed by atoms with Gasteiger partial charge in [0.05, 0.1) is 6.33 Å². The van der Waals surface area contributed by atoms with E-state index in [1.807, 2.05) is 6.92 Å². The van der Waals surface area contributed by atoms with Crippen LogP contribution in [0.25, 0.3) is 0 Å². The highest BCUT2D eigenvalue weighted by atomic mass is 32.2. The Bertz CT molecular complexity index is 492. The number of imidazole rings is 1. The standard InChI is InChI=1S/C12H22N4O2S/c1-2-16-9-12(14-10-16)19(17,18)15-8-5-11-3-6-13-7-4-11/h9-11,13,15H,2-8H2,1H3. The van der Waals surface area contributed by atoms with Gasteiger partial charge < -0.3 is 9.88 Å². The van der Waals surface area contributed by atoms with E-state index in [9.17, 15) is 8.42 Å². The fourth-order valence-corrected chi connectivity index (χ4v) is 3.29. The molecule has 2 heterocycles. The first-order chi connectivity index (χ1) is 9.12. The molecular formula is C12H22N4O2S. The Hall–Kier alpha value is -0.920. The quantitative estimate of drug-likeness (QED) is 0.801. The molecule has 0 bridgehead atoms. The maximum absolute atomic E-state index is 12.0. The Kier molecular flexibility index (Phi) is 4.95. The van der Waals surface area contributed by atoms with Crippen molar-refractivity contribution in [2.45, 2.75) is 37.8 Å². The highest BCUT2D eigenvalue weighted by molar-refractivity contribution is 7.89. The molecule has 0 atom stereocenters. The zero-order valence-corrected chi connectivity index (χ0v) is 12.1. The molecular weight excluding hydrogens is 264 g/mol. The largest absolute Gasteiger partial charge is 0.336 e. The van der Waals surface area contributed by atoms with Gasteiger partial charge in [-0.05, 0) is 45.2 Å². The van der Waals surface area contributed by atoms with E-state index in [0.29, 0.717) is 12.5 Å². The summed E-state index contributed by atoms with van der Waals surface area (Å²) < 4.78 is 28.4. The summed E-state index contributed by atoms with van der Waals surface area (Å²) in [5.41, 5.74) is 0. The average molecular weight is 286 g/mol. The Morgan fingerprint density at radius 3 is 2.84 bits per heavy atom. The summed E-state index contributed by atoms with van der Waals surface area (Å²) in [4.78, 5) is 3.93. The fourth-order valence-electron chi connectivity index (χ4n) is 2.29. The molecule has 1 aliphatic heterocycles. The Morgan fingerprint density at radius 2 is 2.21 bits per heavy atom. The van der Waals surface area contributed by atoms with Crippen molar-refractivity contribution < 1.29 is 8.42 Å². The van der Waals surface area contributed by atoms with E-state index in [1.54, 1.807) is 17.1 Å². The summed E-state index contributed by atoms with van der Waals surface area (Å²) in [7, 11) is -3.45. The van der Waals surface area contributed by atoms with E-state index in [2.05, 4.69) is 15.0 Å². The monoisotopic (exact) mass is 286 g/mol. The average Bonchev–Trinajstić information content (AvgIpc) is 2.89. The van der Waals surface area contributed by atoms with Gasteiger partial charge in [0.25, 0.3) is 10.0 Å². The lowest BCUT2D eigenvalue weighted by atomic mass is 9.95. The van der Waals surface area contributed by atoms with Gasteiger partial charge in [0, 0.05) is 19.3 Å². The summed E-state index contributed by atoms with van der Waals surface area (Å²) in [6.45, 7) is 5.24. The fraction of sp³-hybridized carbons (Fsp3) is 0.750. The summed E-state index contributed by atoms with van der Waals surface area (Å²) in [6, 6.07) is 0. The molecule has 0 spiro atoms. The highest BCUT2D eigenvalue weighted by Crippen LogP contribution is 2.15. The van der Waals surface area contributed by atoms with Gasteiger partial charge in [0.1, 0.15) is 0 Å². The van der Waals surface area contributed by atoms with E-state index >= 15 is 0 Å². The Labute approximate surface area is 114 Å². The van der Waals surface area contributed by atoms with Crippen molar-refractivity contribution in [2.24, 2.45) is 5.92 Å². The molecule has 2 N–H and O–H groups in total. The van der Waals surface area contributed by atoms with Crippen LogP contribution in [0.4, 0.5) is 0 Å². The number of sulfonamides is 1. The van der Waals surface area contributed by atoms with Crippen LogP contribution in [0.5, 0.6) is 0 Å². The summed E-state index contributed by atoms with van der Waals surface area (Å²) in [5.74, 6) is 0.622. The lowest BCUT2D eigenvalue weighted by molar-refractivity contribution is 0.354. The Morgan fingerprint density at radius 1 is 1.47 bits per heavy atom. The summed E-state index contributed by atoms with van der Waals surface area (Å²) in [6.07, 6.45) is 6.27. The van der Waals surface area contributed by atoms with Gasteiger partial charge in [-0.3, -0.25) is 0 Å².